The molecule has 1 amide bonds. The second-order valence-electron chi connectivity index (χ2n) is 6.73. The molecule has 170 valence electrons. The Labute approximate surface area is 185 Å². The van der Waals surface area contributed by atoms with Crippen molar-refractivity contribution in [1.82, 2.24) is 14.7 Å². The van der Waals surface area contributed by atoms with Crippen LogP contribution in [0.2, 0.25) is 0 Å². The van der Waals surface area contributed by atoms with Gasteiger partial charge >= 0.3 is 5.97 Å². The lowest BCUT2D eigenvalue weighted by Crippen LogP contribution is -2.29. The molecule has 0 bridgehead atoms. The van der Waals surface area contributed by atoms with Gasteiger partial charge in [-0.05, 0) is 37.3 Å². The van der Waals surface area contributed by atoms with E-state index in [-0.39, 0.29) is 19.1 Å². The van der Waals surface area contributed by atoms with Crippen molar-refractivity contribution in [3.8, 4) is 22.8 Å². The molecular formula is C22H27N5O5. The minimum absolute atomic E-state index is 0.0410. The number of esters is 1. The van der Waals surface area contributed by atoms with Crippen LogP contribution in [0.3, 0.4) is 0 Å². The average molecular weight is 441 g/mol. The number of pyridine rings is 1. The highest BCUT2D eigenvalue weighted by atomic mass is 16.5. The van der Waals surface area contributed by atoms with E-state index in [1.807, 2.05) is 6.07 Å². The molecule has 2 aromatic heterocycles. The molecule has 10 heteroatoms. The Bertz CT molecular complexity index is 1110. The number of aromatic nitrogens is 2. The van der Waals surface area contributed by atoms with Crippen LogP contribution in [0.1, 0.15) is 17.3 Å². The molecule has 0 aliphatic carbocycles. The molecule has 2 heterocycles. The SMILES string of the molecule is CCOC(=O)CNc1c(-c2ccc(OC)c(OC)c2)nc2cc(C(=O)NCCN)ccn12. The molecule has 4 N–H and O–H groups in total. The Morgan fingerprint density at radius 2 is 1.91 bits per heavy atom. The van der Waals surface area contributed by atoms with Gasteiger partial charge in [-0.3, -0.25) is 14.0 Å². The van der Waals surface area contributed by atoms with Gasteiger partial charge in [-0.2, -0.15) is 0 Å². The highest BCUT2D eigenvalue weighted by molar-refractivity contribution is 5.95. The Hall–Kier alpha value is -3.79. The number of fused-ring (bicyclic) bond motifs is 1. The van der Waals surface area contributed by atoms with Crippen molar-refractivity contribution < 1.29 is 23.8 Å². The number of imidazole rings is 1. The number of carbonyl (C=O) groups is 2. The quantitative estimate of drug-likeness (QED) is 0.405. The standard InChI is InChI=1S/C22H27N5O5/c1-4-32-19(28)13-25-21-20(14-5-6-16(30-2)17(11-14)31-3)26-18-12-15(7-10-27(18)21)22(29)24-9-8-23/h5-7,10-12,25H,4,8-9,13,23H2,1-3H3,(H,24,29). The molecule has 10 nitrogen and oxygen atoms in total. The monoisotopic (exact) mass is 441 g/mol. The van der Waals surface area contributed by atoms with E-state index in [4.69, 9.17) is 24.9 Å². The van der Waals surface area contributed by atoms with Crippen LogP contribution in [-0.4, -0.2) is 61.7 Å². The second kappa shape index (κ2) is 10.5. The summed E-state index contributed by atoms with van der Waals surface area (Å²) >= 11 is 0. The number of rotatable bonds is 10. The molecule has 0 spiro atoms. The van der Waals surface area contributed by atoms with Gasteiger partial charge in [-0.1, -0.05) is 0 Å². The maximum Gasteiger partial charge on any atom is 0.325 e. The molecule has 3 rings (SSSR count). The third-order valence-electron chi connectivity index (χ3n) is 4.68. The maximum absolute atomic E-state index is 12.3. The number of hydrogen-bond acceptors (Lipinski definition) is 8. The number of ether oxygens (including phenoxy) is 3. The van der Waals surface area contributed by atoms with Gasteiger partial charge in [-0.25, -0.2) is 4.98 Å². The first-order valence-electron chi connectivity index (χ1n) is 10.1. The maximum atomic E-state index is 12.3. The fourth-order valence-electron chi connectivity index (χ4n) is 3.20. The number of hydrogen-bond donors (Lipinski definition) is 3. The molecule has 0 radical (unpaired) electrons. The van der Waals surface area contributed by atoms with Crippen LogP contribution in [0.15, 0.2) is 36.5 Å². The molecule has 3 aromatic rings. The van der Waals surface area contributed by atoms with Crippen LogP contribution >= 0.6 is 0 Å². The number of nitrogens with one attached hydrogen (secondary N) is 2. The summed E-state index contributed by atoms with van der Waals surface area (Å²) in [5.74, 6) is 1.07. The third kappa shape index (κ3) is 4.92. The molecular weight excluding hydrogens is 414 g/mol. The summed E-state index contributed by atoms with van der Waals surface area (Å²) in [6.07, 6.45) is 1.72. The van der Waals surface area contributed by atoms with Crippen LogP contribution in [0, 0.1) is 0 Å². The van der Waals surface area contributed by atoms with Crippen LogP contribution in [0.25, 0.3) is 16.9 Å². The third-order valence-corrected chi connectivity index (χ3v) is 4.68. The second-order valence-corrected chi connectivity index (χ2v) is 6.73. The van der Waals surface area contributed by atoms with E-state index in [0.29, 0.717) is 47.3 Å². The highest BCUT2D eigenvalue weighted by Crippen LogP contribution is 2.35. The number of nitrogens with two attached hydrogens (primary N) is 1. The van der Waals surface area contributed by atoms with Crippen molar-refractivity contribution in [3.63, 3.8) is 0 Å². The van der Waals surface area contributed by atoms with Crippen molar-refractivity contribution in [1.29, 1.82) is 0 Å². The minimum Gasteiger partial charge on any atom is -0.493 e. The van der Waals surface area contributed by atoms with Gasteiger partial charge in [0.05, 0.1) is 20.8 Å². The Kier molecular flexibility index (Phi) is 7.50. The van der Waals surface area contributed by atoms with Gasteiger partial charge in [0.1, 0.15) is 23.7 Å². The molecule has 0 aliphatic heterocycles. The number of nitrogens with zero attached hydrogens (tertiary/aromatic N) is 2. The summed E-state index contributed by atoms with van der Waals surface area (Å²) < 4.78 is 17.5. The van der Waals surface area contributed by atoms with Gasteiger partial charge in [-0.15, -0.1) is 0 Å². The predicted molar refractivity (Wildman–Crippen MR) is 120 cm³/mol. The lowest BCUT2D eigenvalue weighted by atomic mass is 10.1. The molecule has 0 saturated carbocycles. The van der Waals surface area contributed by atoms with E-state index >= 15 is 0 Å². The zero-order valence-electron chi connectivity index (χ0n) is 18.3. The topological polar surface area (TPSA) is 129 Å². The van der Waals surface area contributed by atoms with E-state index in [1.54, 1.807) is 56.0 Å². The zero-order valence-corrected chi connectivity index (χ0v) is 18.3. The summed E-state index contributed by atoms with van der Waals surface area (Å²) in [7, 11) is 3.11. The predicted octanol–water partition coefficient (Wildman–Crippen LogP) is 1.68. The normalized spacial score (nSPS) is 10.6. The molecule has 0 saturated heterocycles. The average Bonchev–Trinajstić information content (AvgIpc) is 3.18. The molecule has 1 aromatic carbocycles. The molecule has 0 unspecified atom stereocenters. The lowest BCUT2D eigenvalue weighted by Gasteiger charge is -2.11. The number of methoxy groups -OCH3 is 2. The number of carbonyl (C=O) groups excluding carboxylic acids is 2. The van der Waals surface area contributed by atoms with E-state index in [2.05, 4.69) is 10.6 Å². The van der Waals surface area contributed by atoms with Crippen molar-refractivity contribution >= 4 is 23.3 Å². The van der Waals surface area contributed by atoms with Gasteiger partial charge in [0, 0.05) is 30.4 Å². The first-order chi connectivity index (χ1) is 15.5. The Morgan fingerprint density at radius 1 is 1.12 bits per heavy atom. The first kappa shape index (κ1) is 22.9. The first-order valence-corrected chi connectivity index (χ1v) is 10.1. The minimum atomic E-state index is -0.390. The summed E-state index contributed by atoms with van der Waals surface area (Å²) in [5, 5.41) is 5.85. The summed E-state index contributed by atoms with van der Waals surface area (Å²) in [4.78, 5) is 29.0. The zero-order chi connectivity index (χ0) is 23.1. The summed E-state index contributed by atoms with van der Waals surface area (Å²) in [5.41, 5.74) is 7.76. The van der Waals surface area contributed by atoms with Crippen molar-refractivity contribution in [2.45, 2.75) is 6.92 Å². The van der Waals surface area contributed by atoms with Crippen LogP contribution in [0.4, 0.5) is 5.82 Å². The molecule has 0 aliphatic rings. The lowest BCUT2D eigenvalue weighted by molar-refractivity contribution is -0.140. The number of anilines is 1. The van der Waals surface area contributed by atoms with Crippen molar-refractivity contribution in [3.05, 3.63) is 42.1 Å². The van der Waals surface area contributed by atoms with Gasteiger partial charge in [0.25, 0.3) is 5.91 Å². The van der Waals surface area contributed by atoms with Crippen molar-refractivity contribution in [2.24, 2.45) is 5.73 Å². The van der Waals surface area contributed by atoms with Gasteiger partial charge < -0.3 is 30.6 Å². The van der Waals surface area contributed by atoms with E-state index in [9.17, 15) is 9.59 Å². The summed E-state index contributed by atoms with van der Waals surface area (Å²) in [6.45, 7) is 2.72. The Morgan fingerprint density at radius 3 is 2.59 bits per heavy atom. The fourth-order valence-corrected chi connectivity index (χ4v) is 3.20. The number of amides is 1. The van der Waals surface area contributed by atoms with Crippen LogP contribution < -0.4 is 25.8 Å². The van der Waals surface area contributed by atoms with E-state index in [1.165, 1.54) is 0 Å². The molecule has 32 heavy (non-hydrogen) atoms. The largest absolute Gasteiger partial charge is 0.493 e. The van der Waals surface area contributed by atoms with E-state index in [0.717, 1.165) is 5.56 Å². The number of benzene rings is 1. The van der Waals surface area contributed by atoms with Crippen LogP contribution in [-0.2, 0) is 9.53 Å². The van der Waals surface area contributed by atoms with E-state index < -0.39 is 5.97 Å². The molecule has 0 atom stereocenters. The molecule has 0 fully saturated rings. The smallest absolute Gasteiger partial charge is 0.325 e. The van der Waals surface area contributed by atoms with Gasteiger partial charge in [0.15, 0.2) is 11.5 Å². The highest BCUT2D eigenvalue weighted by Gasteiger charge is 2.18. The van der Waals surface area contributed by atoms with Crippen LogP contribution in [0.5, 0.6) is 11.5 Å². The van der Waals surface area contributed by atoms with Crippen molar-refractivity contribution in [2.75, 3.05) is 45.8 Å². The Balaban J connectivity index is 2.07. The van der Waals surface area contributed by atoms with Gasteiger partial charge in [0.2, 0.25) is 0 Å². The fraction of sp³-hybridized carbons (Fsp3) is 0.318. The summed E-state index contributed by atoms with van der Waals surface area (Å²) in [6, 6.07) is 8.76.